The number of furan rings is 1. The Morgan fingerprint density at radius 1 is 1.27 bits per heavy atom. The summed E-state index contributed by atoms with van der Waals surface area (Å²) in [7, 11) is 0. The van der Waals surface area contributed by atoms with Crippen LogP contribution in [-0.4, -0.2) is 80.2 Å². The van der Waals surface area contributed by atoms with Crippen molar-refractivity contribution in [2.75, 3.05) is 46.1 Å². The molecule has 3 rings (SSSR count). The molecule has 0 saturated carbocycles. The van der Waals surface area contributed by atoms with Gasteiger partial charge in [0.05, 0.1) is 44.1 Å². The number of ether oxygens (including phenoxy) is 3. The molecule has 0 aromatic carbocycles. The molecule has 0 bridgehead atoms. The van der Waals surface area contributed by atoms with Crippen molar-refractivity contribution in [1.29, 1.82) is 0 Å². The number of amides is 1. The molecule has 0 radical (unpaired) electrons. The highest BCUT2D eigenvalue weighted by Crippen LogP contribution is 2.15. The summed E-state index contributed by atoms with van der Waals surface area (Å²) in [6.07, 6.45) is 1.58. The third kappa shape index (κ3) is 5.28. The van der Waals surface area contributed by atoms with Crippen molar-refractivity contribution in [2.45, 2.75) is 25.1 Å². The number of aliphatic carboxylic acids is 1. The van der Waals surface area contributed by atoms with Crippen molar-refractivity contribution < 1.29 is 33.3 Å². The molecule has 1 aromatic heterocycles. The van der Waals surface area contributed by atoms with Gasteiger partial charge in [-0.25, -0.2) is 4.79 Å². The van der Waals surface area contributed by atoms with Gasteiger partial charge < -0.3 is 29.1 Å². The Hall–Kier alpha value is -1.94. The lowest BCUT2D eigenvalue weighted by molar-refractivity contribution is -0.147. The van der Waals surface area contributed by atoms with Crippen LogP contribution in [0.4, 0.5) is 0 Å². The highest BCUT2D eigenvalue weighted by atomic mass is 16.5. The zero-order valence-corrected chi connectivity index (χ0v) is 14.5. The van der Waals surface area contributed by atoms with Gasteiger partial charge in [-0.3, -0.25) is 9.69 Å². The summed E-state index contributed by atoms with van der Waals surface area (Å²) in [6, 6.07) is 1.33. The summed E-state index contributed by atoms with van der Waals surface area (Å²) in [5.41, 5.74) is 0.427. The first-order chi connectivity index (χ1) is 12.6. The van der Waals surface area contributed by atoms with Crippen molar-refractivity contribution in [3.05, 3.63) is 23.7 Å². The molecule has 1 aromatic rings. The zero-order valence-electron chi connectivity index (χ0n) is 14.5. The molecule has 2 aliphatic rings. The van der Waals surface area contributed by atoms with Crippen molar-refractivity contribution in [2.24, 2.45) is 0 Å². The third-order valence-electron chi connectivity index (χ3n) is 4.43. The summed E-state index contributed by atoms with van der Waals surface area (Å²) >= 11 is 0. The van der Waals surface area contributed by atoms with Crippen LogP contribution in [0.25, 0.3) is 0 Å². The van der Waals surface area contributed by atoms with Crippen LogP contribution in [0.15, 0.2) is 16.7 Å². The van der Waals surface area contributed by atoms with E-state index in [4.69, 9.17) is 23.7 Å². The van der Waals surface area contributed by atoms with E-state index in [9.17, 15) is 9.59 Å². The second kappa shape index (κ2) is 9.13. The van der Waals surface area contributed by atoms with Crippen LogP contribution < -0.4 is 5.32 Å². The number of nitrogens with one attached hydrogen (secondary N) is 1. The van der Waals surface area contributed by atoms with Gasteiger partial charge in [-0.15, -0.1) is 0 Å². The normalized spacial score (nSPS) is 24.3. The number of carbonyl (C=O) groups is 2. The average Bonchev–Trinajstić information content (AvgIpc) is 3.10. The maximum absolute atomic E-state index is 12.5. The first kappa shape index (κ1) is 18.8. The van der Waals surface area contributed by atoms with Gasteiger partial charge in [-0.1, -0.05) is 0 Å². The number of hydrogen-bond donors (Lipinski definition) is 2. The molecule has 2 aliphatic heterocycles. The fourth-order valence-corrected chi connectivity index (χ4v) is 3.04. The summed E-state index contributed by atoms with van der Waals surface area (Å²) < 4.78 is 21.6. The minimum atomic E-state index is -1.04. The van der Waals surface area contributed by atoms with Gasteiger partial charge >= 0.3 is 5.97 Å². The third-order valence-corrected chi connectivity index (χ3v) is 4.43. The summed E-state index contributed by atoms with van der Waals surface area (Å²) in [6.45, 7) is 4.08. The highest BCUT2D eigenvalue weighted by Gasteiger charge is 2.29. The van der Waals surface area contributed by atoms with Gasteiger partial charge in [0, 0.05) is 19.7 Å². The molecule has 2 fully saturated rings. The molecule has 144 valence electrons. The van der Waals surface area contributed by atoms with Crippen LogP contribution in [0.5, 0.6) is 0 Å². The van der Waals surface area contributed by atoms with Crippen LogP contribution >= 0.6 is 0 Å². The van der Waals surface area contributed by atoms with E-state index >= 15 is 0 Å². The number of carbonyl (C=O) groups excluding carboxylic acids is 1. The monoisotopic (exact) mass is 368 g/mol. The van der Waals surface area contributed by atoms with E-state index in [0.717, 1.165) is 18.8 Å². The van der Waals surface area contributed by atoms with E-state index in [1.165, 1.54) is 6.26 Å². The van der Waals surface area contributed by atoms with Crippen molar-refractivity contribution in [1.82, 2.24) is 10.2 Å². The minimum Gasteiger partial charge on any atom is -0.480 e. The highest BCUT2D eigenvalue weighted by molar-refractivity contribution is 5.94. The minimum absolute atomic E-state index is 0.286. The Kier molecular flexibility index (Phi) is 6.62. The van der Waals surface area contributed by atoms with E-state index in [0.29, 0.717) is 38.3 Å². The Morgan fingerprint density at radius 2 is 2.08 bits per heavy atom. The Bertz CT molecular complexity index is 612. The second-order valence-corrected chi connectivity index (χ2v) is 6.38. The van der Waals surface area contributed by atoms with Crippen molar-refractivity contribution in [3.63, 3.8) is 0 Å². The molecule has 0 spiro atoms. The molecule has 3 heterocycles. The Morgan fingerprint density at radius 3 is 2.85 bits per heavy atom. The van der Waals surface area contributed by atoms with Gasteiger partial charge in [0.2, 0.25) is 0 Å². The summed E-state index contributed by atoms with van der Waals surface area (Å²) in [4.78, 5) is 25.4. The predicted octanol–water partition coefficient (Wildman–Crippen LogP) is 0.100. The molecule has 26 heavy (non-hydrogen) atoms. The molecule has 2 atom stereocenters. The van der Waals surface area contributed by atoms with Gasteiger partial charge in [0.15, 0.2) is 0 Å². The smallest absolute Gasteiger partial charge is 0.329 e. The molecule has 2 saturated heterocycles. The van der Waals surface area contributed by atoms with Crippen molar-refractivity contribution >= 4 is 11.9 Å². The van der Waals surface area contributed by atoms with Crippen LogP contribution in [0.3, 0.4) is 0 Å². The Labute approximate surface area is 151 Å². The standard InChI is InChI=1S/C17H24N2O7/c20-16(21)11-26-15-1-4-24-10-14(15)18-17(22)12-7-13(25-9-12)8-19-2-5-23-6-3-19/h7,9,14-15H,1-6,8,10-11H2,(H,18,22)(H,20,21)/t14-,15+/m1/s1. The molecular formula is C17H24N2O7. The van der Waals surface area contributed by atoms with Crippen LogP contribution in [-0.2, 0) is 25.5 Å². The lowest BCUT2D eigenvalue weighted by atomic mass is 10.1. The molecule has 2 N–H and O–H groups in total. The summed E-state index contributed by atoms with van der Waals surface area (Å²) in [5.74, 6) is -0.610. The number of rotatable bonds is 7. The van der Waals surface area contributed by atoms with E-state index in [2.05, 4.69) is 10.2 Å². The largest absolute Gasteiger partial charge is 0.480 e. The maximum atomic E-state index is 12.5. The second-order valence-electron chi connectivity index (χ2n) is 6.38. The quantitative estimate of drug-likeness (QED) is 0.697. The van der Waals surface area contributed by atoms with Gasteiger partial charge in [-0.05, 0) is 12.5 Å². The first-order valence-electron chi connectivity index (χ1n) is 8.71. The van der Waals surface area contributed by atoms with E-state index in [-0.39, 0.29) is 18.6 Å². The first-order valence-corrected chi connectivity index (χ1v) is 8.71. The van der Waals surface area contributed by atoms with E-state index in [1.807, 2.05) is 0 Å². The zero-order chi connectivity index (χ0) is 18.4. The van der Waals surface area contributed by atoms with Gasteiger partial charge in [0.25, 0.3) is 5.91 Å². The lowest BCUT2D eigenvalue weighted by Gasteiger charge is -2.31. The van der Waals surface area contributed by atoms with Gasteiger partial charge in [-0.2, -0.15) is 0 Å². The fourth-order valence-electron chi connectivity index (χ4n) is 3.04. The predicted molar refractivity (Wildman–Crippen MR) is 88.9 cm³/mol. The van der Waals surface area contributed by atoms with Gasteiger partial charge in [0.1, 0.15) is 18.6 Å². The fraction of sp³-hybridized carbons (Fsp3) is 0.647. The summed E-state index contributed by atoms with van der Waals surface area (Å²) in [5, 5.41) is 11.6. The number of nitrogens with zero attached hydrogens (tertiary/aromatic N) is 1. The topological polar surface area (TPSA) is 110 Å². The molecular weight excluding hydrogens is 344 g/mol. The molecule has 0 unspecified atom stereocenters. The van der Waals surface area contributed by atoms with Crippen molar-refractivity contribution in [3.8, 4) is 0 Å². The maximum Gasteiger partial charge on any atom is 0.329 e. The SMILES string of the molecule is O=C(O)CO[C@H]1CCOC[C@H]1NC(=O)c1coc(CN2CCOCC2)c1. The molecule has 0 aliphatic carbocycles. The molecule has 1 amide bonds. The number of carboxylic acid groups (broad SMARTS) is 1. The molecule has 9 nitrogen and oxygen atoms in total. The number of morpholine rings is 1. The van der Waals surface area contributed by atoms with E-state index in [1.54, 1.807) is 6.07 Å². The number of hydrogen-bond acceptors (Lipinski definition) is 7. The van der Waals surface area contributed by atoms with E-state index < -0.39 is 18.6 Å². The molecule has 9 heteroatoms. The van der Waals surface area contributed by atoms with Crippen LogP contribution in [0.2, 0.25) is 0 Å². The van der Waals surface area contributed by atoms with Crippen LogP contribution in [0.1, 0.15) is 22.5 Å². The average molecular weight is 368 g/mol. The number of carboxylic acids is 1. The Balaban J connectivity index is 1.53. The van der Waals surface area contributed by atoms with Crippen LogP contribution in [0, 0.1) is 0 Å². The lowest BCUT2D eigenvalue weighted by Crippen LogP contribution is -2.50.